The second-order valence-corrected chi connectivity index (χ2v) is 6.34. The van der Waals surface area contributed by atoms with Crippen LogP contribution in [0.1, 0.15) is 45.4 Å². The zero-order valence-electron chi connectivity index (χ0n) is 14.5. The number of carbonyl (C=O) groups is 4. The summed E-state index contributed by atoms with van der Waals surface area (Å²) in [6, 6.07) is 0. The molecule has 0 fully saturated rings. The van der Waals surface area contributed by atoms with Gasteiger partial charge < -0.3 is 0 Å². The van der Waals surface area contributed by atoms with Crippen molar-refractivity contribution in [3.8, 4) is 0 Å². The molecule has 0 unspecified atom stereocenters. The molecule has 0 aromatic rings. The van der Waals surface area contributed by atoms with Crippen LogP contribution in [-0.4, -0.2) is 36.5 Å². The Hall–Kier alpha value is -2.43. The fraction of sp³-hybridized carbons (Fsp3) is 0.350. The minimum absolute atomic E-state index is 0.0709. The first-order valence-corrected chi connectivity index (χ1v) is 8.53. The Morgan fingerprint density at radius 1 is 0.720 bits per heavy atom. The van der Waals surface area contributed by atoms with Crippen molar-refractivity contribution in [2.75, 3.05) is 0 Å². The third-order valence-electron chi connectivity index (χ3n) is 4.41. The molecule has 0 aromatic carbocycles. The molecule has 0 bridgehead atoms. The molecule has 5 heteroatoms. The van der Waals surface area contributed by atoms with Crippen molar-refractivity contribution in [2.24, 2.45) is 0 Å². The monoisotopic (exact) mass is 336 g/mol. The number of rotatable bonds is 8. The maximum atomic E-state index is 11.9. The van der Waals surface area contributed by atoms with Crippen LogP contribution in [0.25, 0.3) is 0 Å². The first-order chi connectivity index (χ1) is 11.9. The van der Waals surface area contributed by atoms with Gasteiger partial charge in [-0.1, -0.05) is 0 Å². The van der Waals surface area contributed by atoms with Gasteiger partial charge in [0, 0.05) is 5.57 Å². The third-order valence-corrected chi connectivity index (χ3v) is 4.41. The summed E-state index contributed by atoms with van der Waals surface area (Å²) in [6.45, 7) is 6.56. The van der Waals surface area contributed by atoms with E-state index in [1.54, 1.807) is 6.92 Å². The van der Waals surface area contributed by atoms with Gasteiger partial charge in [-0.3, -0.25) is 9.59 Å². The normalized spacial score (nSPS) is 17.6. The van der Waals surface area contributed by atoms with Crippen LogP contribution in [0.4, 0.5) is 0 Å². The first kappa shape index (κ1) is 18.9. The summed E-state index contributed by atoms with van der Waals surface area (Å²) in [4.78, 5) is 47.0. The number of unbranched alkanes of at least 4 members (excludes halogenated alkanes) is 3. The van der Waals surface area contributed by atoms with Crippen molar-refractivity contribution in [1.82, 2.24) is 0 Å². The number of ketones is 4. The average molecular weight is 336 g/mol. The summed E-state index contributed by atoms with van der Waals surface area (Å²) in [7, 11) is 0. The van der Waals surface area contributed by atoms with E-state index < -0.39 is 0 Å². The van der Waals surface area contributed by atoms with Crippen molar-refractivity contribution < 1.29 is 19.2 Å². The van der Waals surface area contributed by atoms with Gasteiger partial charge in [0.2, 0.25) is 0 Å². The maximum absolute atomic E-state index is 11.9. The van der Waals surface area contributed by atoms with E-state index in [0.29, 0.717) is 35.0 Å². The van der Waals surface area contributed by atoms with Crippen LogP contribution in [0.15, 0.2) is 46.5 Å². The molecule has 0 saturated heterocycles. The summed E-state index contributed by atoms with van der Waals surface area (Å²) in [5, 5.41) is 0. The van der Waals surface area contributed by atoms with Crippen molar-refractivity contribution in [2.45, 2.75) is 45.4 Å². The Morgan fingerprint density at radius 2 is 1.24 bits per heavy atom. The summed E-state index contributed by atoms with van der Waals surface area (Å²) in [5.41, 5.74) is 1.96. The molecular formula is C20H21BO4. The first-order valence-electron chi connectivity index (χ1n) is 8.53. The van der Waals surface area contributed by atoms with Gasteiger partial charge >= 0.3 is 114 Å². The second-order valence-electron chi connectivity index (χ2n) is 6.34. The molecule has 4 nitrogen and oxygen atoms in total. The van der Waals surface area contributed by atoms with Crippen LogP contribution in [0.3, 0.4) is 0 Å². The molecule has 0 radical (unpaired) electrons. The van der Waals surface area contributed by atoms with E-state index in [1.807, 2.05) is 0 Å². The molecule has 0 amide bonds. The van der Waals surface area contributed by atoms with Crippen molar-refractivity contribution in [1.29, 1.82) is 0 Å². The molecular weight excluding hydrogens is 315 g/mol. The van der Waals surface area contributed by atoms with E-state index in [0.717, 1.165) is 25.7 Å². The summed E-state index contributed by atoms with van der Waals surface area (Å²) < 4.78 is 0. The van der Waals surface area contributed by atoms with Crippen molar-refractivity contribution in [3.63, 3.8) is 0 Å². The van der Waals surface area contributed by atoms with Crippen molar-refractivity contribution in [3.05, 3.63) is 46.5 Å². The molecule has 25 heavy (non-hydrogen) atoms. The standard InChI is InChI=1S/C20H21BO4/c1-13-9-18(23)14(10-17(13)22)7-5-3-4-6-8-15-11-20(25)16(21-2)12-19(15)24/h9-12H,2-8H2,1H3. The summed E-state index contributed by atoms with van der Waals surface area (Å²) in [6.07, 6.45) is 10.2. The van der Waals surface area contributed by atoms with Crippen LogP contribution in [0.5, 0.6) is 0 Å². The van der Waals surface area contributed by atoms with Crippen molar-refractivity contribution >= 4 is 36.5 Å². The molecule has 0 saturated carbocycles. The number of carbonyl (C=O) groups excluding carboxylic acids is 4. The molecule has 0 heterocycles. The quantitative estimate of drug-likeness (QED) is 0.388. The molecule has 2 aliphatic carbocycles. The van der Waals surface area contributed by atoms with Gasteiger partial charge in [0.1, 0.15) is 0 Å². The van der Waals surface area contributed by atoms with E-state index in [9.17, 15) is 19.2 Å². The van der Waals surface area contributed by atoms with Crippen LogP contribution < -0.4 is 0 Å². The topological polar surface area (TPSA) is 68.3 Å². The zero-order valence-corrected chi connectivity index (χ0v) is 14.5. The average Bonchev–Trinajstić information content (AvgIpc) is 2.57. The SMILES string of the molecule is C=BC1=CC(=O)C(CCCCCCC2=CC(=O)C(C)=CC2=O)=CC1=O. The fourth-order valence-electron chi connectivity index (χ4n) is 2.86. The predicted molar refractivity (Wildman–Crippen MR) is 98.6 cm³/mol. The summed E-state index contributed by atoms with van der Waals surface area (Å²) >= 11 is 0. The summed E-state index contributed by atoms with van der Waals surface area (Å²) in [5.74, 6) is -0.444. The second kappa shape index (κ2) is 8.61. The van der Waals surface area contributed by atoms with Crippen LogP contribution in [0.2, 0.25) is 0 Å². The van der Waals surface area contributed by atoms with Gasteiger partial charge in [0.25, 0.3) is 0 Å². The molecule has 0 N–H and O–H groups in total. The number of allylic oxidation sites excluding steroid dienone is 8. The molecule has 0 aliphatic heterocycles. The van der Waals surface area contributed by atoms with Crippen LogP contribution in [-0.2, 0) is 19.2 Å². The van der Waals surface area contributed by atoms with E-state index in [4.69, 9.17) is 0 Å². The number of hydrogen-bond donors (Lipinski definition) is 0. The van der Waals surface area contributed by atoms with Gasteiger partial charge in [0.15, 0.2) is 5.78 Å². The molecule has 2 aliphatic rings. The van der Waals surface area contributed by atoms with Gasteiger partial charge in [0.05, 0.1) is 0 Å². The van der Waals surface area contributed by atoms with Crippen LogP contribution in [0, 0.1) is 0 Å². The van der Waals surface area contributed by atoms with Gasteiger partial charge in [-0.15, -0.1) is 0 Å². The van der Waals surface area contributed by atoms with E-state index in [-0.39, 0.29) is 23.1 Å². The fourth-order valence-corrected chi connectivity index (χ4v) is 2.86. The third kappa shape index (κ3) is 5.02. The van der Waals surface area contributed by atoms with Gasteiger partial charge in [-0.05, 0) is 13.0 Å². The van der Waals surface area contributed by atoms with Gasteiger partial charge in [-0.25, -0.2) is 0 Å². The molecule has 0 aromatic heterocycles. The molecule has 0 spiro atoms. The Bertz CT molecular complexity index is 763. The number of hydrogen-bond acceptors (Lipinski definition) is 4. The molecule has 2 rings (SSSR count). The Labute approximate surface area is 148 Å². The Morgan fingerprint density at radius 3 is 1.80 bits per heavy atom. The van der Waals surface area contributed by atoms with Crippen LogP contribution >= 0.6 is 0 Å². The zero-order chi connectivity index (χ0) is 18.4. The molecule has 0 atom stereocenters. The minimum atomic E-state index is -0.166. The molecule has 128 valence electrons. The predicted octanol–water partition coefficient (Wildman–Crippen LogP) is 2.45. The van der Waals surface area contributed by atoms with E-state index >= 15 is 0 Å². The Balaban J connectivity index is 1.69. The van der Waals surface area contributed by atoms with E-state index in [2.05, 4.69) is 6.47 Å². The van der Waals surface area contributed by atoms with Gasteiger partial charge in [-0.2, -0.15) is 0 Å². The Kier molecular flexibility index (Phi) is 6.51. The van der Waals surface area contributed by atoms with E-state index in [1.165, 1.54) is 31.2 Å².